The molecular weight excluding hydrogens is 427 g/mol. The minimum Gasteiger partial charge on any atom is -0.450 e. The van der Waals surface area contributed by atoms with Crippen LogP contribution in [0.25, 0.3) is 11.0 Å². The second-order valence-corrected chi connectivity index (χ2v) is 6.76. The smallest absolute Gasteiger partial charge is 0.418 e. The van der Waals surface area contributed by atoms with Gasteiger partial charge in [-0.05, 0) is 12.5 Å². The van der Waals surface area contributed by atoms with E-state index in [-0.39, 0.29) is 21.7 Å². The number of nitrogens with one attached hydrogen (secondary N) is 3. The summed E-state index contributed by atoms with van der Waals surface area (Å²) in [5.74, 6) is -3.78. The summed E-state index contributed by atoms with van der Waals surface area (Å²) in [5, 5.41) is 4.42. The minimum absolute atomic E-state index is 0. The Kier molecular flexibility index (Phi) is 5.39. The summed E-state index contributed by atoms with van der Waals surface area (Å²) in [6.07, 6.45) is -2.29. The number of benzene rings is 1. The molecule has 3 heterocycles. The number of hydrogen-bond acceptors (Lipinski definition) is 4. The largest absolute Gasteiger partial charge is 0.450 e. The number of urea groups is 1. The van der Waals surface area contributed by atoms with Crippen LogP contribution in [0, 0.1) is 11.6 Å². The van der Waals surface area contributed by atoms with E-state index in [0.717, 1.165) is 24.4 Å². The van der Waals surface area contributed by atoms with Gasteiger partial charge in [-0.25, -0.2) is 18.6 Å². The molecule has 1 atom stereocenters. The number of carbonyl (C=O) groups excluding carboxylic acids is 1. The van der Waals surface area contributed by atoms with E-state index in [2.05, 4.69) is 20.6 Å². The summed E-state index contributed by atoms with van der Waals surface area (Å²) in [6, 6.07) is 1.76. The molecule has 0 aliphatic carbocycles. The van der Waals surface area contributed by atoms with Crippen molar-refractivity contribution in [2.24, 2.45) is 0 Å². The quantitative estimate of drug-likeness (QED) is 0.473. The van der Waals surface area contributed by atoms with Gasteiger partial charge in [-0.1, -0.05) is 0 Å². The maximum atomic E-state index is 14.5. The predicted molar refractivity (Wildman–Crippen MR) is 105 cm³/mol. The molecule has 1 fully saturated rings. The van der Waals surface area contributed by atoms with E-state index in [9.17, 15) is 26.7 Å². The third-order valence-corrected chi connectivity index (χ3v) is 4.57. The number of hydrogen-bond donors (Lipinski definition) is 3. The number of nitrogens with zero attached hydrogens (tertiary/aromatic N) is 1. The van der Waals surface area contributed by atoms with Gasteiger partial charge in [0, 0.05) is 41.1 Å². The zero-order valence-corrected chi connectivity index (χ0v) is 15.6. The molecule has 170 valence electrons. The van der Waals surface area contributed by atoms with Crippen LogP contribution in [0.3, 0.4) is 0 Å². The number of fused-ring (bicyclic) bond motifs is 1. The summed E-state index contributed by atoms with van der Waals surface area (Å²) in [7, 11) is 0. The van der Waals surface area contributed by atoms with Crippen molar-refractivity contribution >= 4 is 22.8 Å². The van der Waals surface area contributed by atoms with E-state index in [1.807, 2.05) is 0 Å². The van der Waals surface area contributed by atoms with E-state index in [4.69, 9.17) is 9.47 Å². The molecule has 1 aromatic carbocycles. The van der Waals surface area contributed by atoms with Crippen molar-refractivity contribution < 1.29 is 40.5 Å². The number of anilines is 1. The van der Waals surface area contributed by atoms with E-state index in [1.54, 1.807) is 0 Å². The Hall–Kier alpha value is -3.41. The first-order valence-corrected chi connectivity index (χ1v) is 9.08. The van der Waals surface area contributed by atoms with Crippen molar-refractivity contribution in [2.45, 2.75) is 18.6 Å². The first-order valence-electron chi connectivity index (χ1n) is 9.08. The van der Waals surface area contributed by atoms with Crippen LogP contribution in [0.4, 0.5) is 32.4 Å². The number of alkyl halides is 3. The number of ether oxygens (including phenoxy) is 2. The highest BCUT2D eigenvalue weighted by Crippen LogP contribution is 2.40. The van der Waals surface area contributed by atoms with Gasteiger partial charge in [-0.15, -0.1) is 0 Å². The molecule has 7 nitrogen and oxygen atoms in total. The number of rotatable bonds is 4. The zero-order valence-electron chi connectivity index (χ0n) is 15.6. The molecule has 0 bridgehead atoms. The summed E-state index contributed by atoms with van der Waals surface area (Å²) >= 11 is 0. The number of amides is 2. The highest BCUT2D eigenvalue weighted by atomic mass is 19.4. The normalized spacial score (nSPS) is 16.5. The van der Waals surface area contributed by atoms with Crippen molar-refractivity contribution in [1.29, 1.82) is 0 Å². The lowest BCUT2D eigenvalue weighted by Gasteiger charge is -2.14. The van der Waals surface area contributed by atoms with Gasteiger partial charge in [-0.3, -0.25) is 0 Å². The standard InChI is InChI=1S/C19H15F5N4O3.3H2/c20-12-5-10(28-18(29)27-9-2-4-30-8-9)6-13(21)16(12)31-14-1-3-25-17-15(14)11(7-26-17)19(22,23)24;;;/h1,3,5-7,9H,2,4,8H2,(H,25,26)(H2,27,28,29);3*1H/t9-;;;/m1.../s1. The number of pyridine rings is 1. The number of carbonyl (C=O) groups is 1. The van der Waals surface area contributed by atoms with Crippen molar-refractivity contribution in [3.05, 3.63) is 47.8 Å². The Morgan fingerprint density at radius 2 is 2.03 bits per heavy atom. The molecule has 3 aromatic rings. The SMILES string of the molecule is O=C(Nc1cc(F)c(Oc2ccnc3[nH]cc(C(F)(F)F)c23)c(F)c1)N[C@@H]1CCOC1.[HH].[HH].[HH]. The first kappa shape index (κ1) is 20.8. The third kappa shape index (κ3) is 4.38. The fourth-order valence-corrected chi connectivity index (χ4v) is 3.18. The van der Waals surface area contributed by atoms with Crippen molar-refractivity contribution in [3.8, 4) is 11.5 Å². The van der Waals surface area contributed by atoms with Crippen molar-refractivity contribution in [1.82, 2.24) is 15.3 Å². The van der Waals surface area contributed by atoms with Gasteiger partial charge in [0.25, 0.3) is 0 Å². The Labute approximate surface area is 176 Å². The van der Waals surface area contributed by atoms with Gasteiger partial charge < -0.3 is 25.1 Å². The van der Waals surface area contributed by atoms with Crippen LogP contribution in [0.5, 0.6) is 11.5 Å². The molecular formula is C19H21F5N4O3. The third-order valence-electron chi connectivity index (χ3n) is 4.57. The van der Waals surface area contributed by atoms with Gasteiger partial charge in [0.2, 0.25) is 0 Å². The molecule has 3 N–H and O–H groups in total. The molecule has 31 heavy (non-hydrogen) atoms. The summed E-state index contributed by atoms with van der Waals surface area (Å²) in [4.78, 5) is 18.1. The van der Waals surface area contributed by atoms with Crippen LogP contribution >= 0.6 is 0 Å². The fraction of sp³-hybridized carbons (Fsp3) is 0.263. The zero-order chi connectivity index (χ0) is 22.2. The number of H-pyrrole nitrogens is 1. The second-order valence-electron chi connectivity index (χ2n) is 6.76. The topological polar surface area (TPSA) is 88.3 Å². The lowest BCUT2D eigenvalue weighted by atomic mass is 10.2. The highest BCUT2D eigenvalue weighted by Gasteiger charge is 2.35. The molecule has 0 unspecified atom stereocenters. The fourth-order valence-electron chi connectivity index (χ4n) is 3.18. The first-order chi connectivity index (χ1) is 14.7. The molecule has 0 spiro atoms. The van der Waals surface area contributed by atoms with Crippen LogP contribution in [0.2, 0.25) is 0 Å². The van der Waals surface area contributed by atoms with E-state index in [1.165, 1.54) is 0 Å². The summed E-state index contributed by atoms with van der Waals surface area (Å²) in [5.41, 5.74) is -1.44. The van der Waals surface area contributed by atoms with Gasteiger partial charge in [0.1, 0.15) is 11.4 Å². The minimum atomic E-state index is -4.73. The molecule has 2 amide bonds. The number of aromatic nitrogens is 2. The Morgan fingerprint density at radius 3 is 2.68 bits per heavy atom. The maximum absolute atomic E-state index is 14.5. The van der Waals surface area contributed by atoms with Crippen molar-refractivity contribution in [3.63, 3.8) is 0 Å². The lowest BCUT2D eigenvalue weighted by Crippen LogP contribution is -2.38. The van der Waals surface area contributed by atoms with Crippen LogP contribution in [0.1, 0.15) is 16.3 Å². The molecule has 2 aromatic heterocycles. The molecule has 1 aliphatic heterocycles. The summed E-state index contributed by atoms with van der Waals surface area (Å²) < 4.78 is 79.0. The number of aromatic amines is 1. The highest BCUT2D eigenvalue weighted by molar-refractivity contribution is 5.90. The monoisotopic (exact) mass is 448 g/mol. The molecule has 4 rings (SSSR count). The van der Waals surface area contributed by atoms with Crippen LogP contribution in [-0.4, -0.2) is 35.3 Å². The van der Waals surface area contributed by atoms with Crippen LogP contribution < -0.4 is 15.4 Å². The molecule has 12 heteroatoms. The predicted octanol–water partition coefficient (Wildman–Crippen LogP) is 5.30. The summed E-state index contributed by atoms with van der Waals surface area (Å²) in [6.45, 7) is 0.835. The molecule has 1 saturated heterocycles. The van der Waals surface area contributed by atoms with Gasteiger partial charge in [0.15, 0.2) is 17.4 Å². The molecule has 1 aliphatic rings. The van der Waals surface area contributed by atoms with Crippen molar-refractivity contribution in [2.75, 3.05) is 18.5 Å². The molecule has 0 saturated carbocycles. The average molecular weight is 448 g/mol. The van der Waals surface area contributed by atoms with Gasteiger partial charge in [0.05, 0.1) is 23.6 Å². The Balaban J connectivity index is 0.00000193. The number of halogens is 5. The van der Waals surface area contributed by atoms with E-state index < -0.39 is 46.3 Å². The Morgan fingerprint density at radius 1 is 1.29 bits per heavy atom. The maximum Gasteiger partial charge on any atom is 0.418 e. The van der Waals surface area contributed by atoms with Gasteiger partial charge >= 0.3 is 12.2 Å². The van der Waals surface area contributed by atoms with Crippen LogP contribution in [-0.2, 0) is 10.9 Å². The average Bonchev–Trinajstić information content (AvgIpc) is 3.34. The molecule has 0 radical (unpaired) electrons. The van der Waals surface area contributed by atoms with E-state index >= 15 is 0 Å². The van der Waals surface area contributed by atoms with Gasteiger partial charge in [-0.2, -0.15) is 13.2 Å². The lowest BCUT2D eigenvalue weighted by molar-refractivity contribution is -0.136. The second kappa shape index (κ2) is 8.02. The van der Waals surface area contributed by atoms with E-state index in [0.29, 0.717) is 25.8 Å². The van der Waals surface area contributed by atoms with Crippen LogP contribution in [0.15, 0.2) is 30.6 Å². The Bertz CT molecular complexity index is 1120.